The van der Waals surface area contributed by atoms with Gasteiger partial charge in [-0.25, -0.2) is 4.39 Å². The van der Waals surface area contributed by atoms with Crippen molar-refractivity contribution in [2.45, 2.75) is 31.9 Å². The minimum atomic E-state index is -1.22. The number of alkyl halides is 1. The van der Waals surface area contributed by atoms with Crippen LogP contribution in [0.15, 0.2) is 24.3 Å². The smallest absolute Gasteiger partial charge is 0.160 e. The minimum Gasteiger partial charge on any atom is -0.381 e. The SMILES string of the molecule is CC(=O)c1ccccc1CC1(F)CCOCC1. The average molecular weight is 236 g/mol. The van der Waals surface area contributed by atoms with Crippen molar-refractivity contribution in [2.75, 3.05) is 13.2 Å². The van der Waals surface area contributed by atoms with Crippen LogP contribution in [0, 0.1) is 0 Å². The monoisotopic (exact) mass is 236 g/mol. The number of halogens is 1. The van der Waals surface area contributed by atoms with Gasteiger partial charge in [0.15, 0.2) is 5.78 Å². The van der Waals surface area contributed by atoms with E-state index in [-0.39, 0.29) is 5.78 Å². The van der Waals surface area contributed by atoms with Crippen molar-refractivity contribution in [3.05, 3.63) is 35.4 Å². The predicted octanol–water partition coefficient (Wildman–Crippen LogP) is 2.95. The summed E-state index contributed by atoms with van der Waals surface area (Å²) in [6.07, 6.45) is 1.14. The molecule has 1 aliphatic heterocycles. The molecule has 2 rings (SSSR count). The Bertz CT molecular complexity index is 408. The molecule has 3 heteroatoms. The molecule has 0 atom stereocenters. The van der Waals surface area contributed by atoms with Gasteiger partial charge in [0.05, 0.1) is 0 Å². The molecular weight excluding hydrogens is 219 g/mol. The Morgan fingerprint density at radius 3 is 2.65 bits per heavy atom. The zero-order valence-electron chi connectivity index (χ0n) is 10.0. The zero-order valence-corrected chi connectivity index (χ0v) is 10.0. The van der Waals surface area contributed by atoms with Gasteiger partial charge in [-0.05, 0) is 12.5 Å². The highest BCUT2D eigenvalue weighted by molar-refractivity contribution is 5.95. The standard InChI is InChI=1S/C14H17FO2/c1-11(16)13-5-3-2-4-12(13)10-14(15)6-8-17-9-7-14/h2-5H,6-10H2,1H3. The number of carbonyl (C=O) groups is 1. The fourth-order valence-corrected chi connectivity index (χ4v) is 2.27. The number of hydrogen-bond donors (Lipinski definition) is 0. The summed E-state index contributed by atoms with van der Waals surface area (Å²) >= 11 is 0. The predicted molar refractivity (Wildman–Crippen MR) is 64.0 cm³/mol. The van der Waals surface area contributed by atoms with Crippen LogP contribution in [0.4, 0.5) is 4.39 Å². The van der Waals surface area contributed by atoms with E-state index >= 15 is 0 Å². The van der Waals surface area contributed by atoms with Crippen molar-refractivity contribution >= 4 is 5.78 Å². The maximum atomic E-state index is 14.5. The Morgan fingerprint density at radius 1 is 1.35 bits per heavy atom. The summed E-state index contributed by atoms with van der Waals surface area (Å²) in [4.78, 5) is 11.5. The molecule has 17 heavy (non-hydrogen) atoms. The summed E-state index contributed by atoms with van der Waals surface area (Å²) in [5.41, 5.74) is 0.226. The van der Waals surface area contributed by atoms with Gasteiger partial charge in [-0.2, -0.15) is 0 Å². The first-order valence-electron chi connectivity index (χ1n) is 5.96. The molecule has 0 aliphatic carbocycles. The first-order valence-corrected chi connectivity index (χ1v) is 5.96. The van der Waals surface area contributed by atoms with Crippen molar-refractivity contribution in [3.63, 3.8) is 0 Å². The average Bonchev–Trinajstić information content (AvgIpc) is 2.29. The van der Waals surface area contributed by atoms with Gasteiger partial charge in [-0.1, -0.05) is 24.3 Å². The Kier molecular flexibility index (Phi) is 3.57. The summed E-state index contributed by atoms with van der Waals surface area (Å²) in [5, 5.41) is 0. The van der Waals surface area contributed by atoms with Crippen molar-refractivity contribution < 1.29 is 13.9 Å². The van der Waals surface area contributed by atoms with E-state index in [0.29, 0.717) is 38.0 Å². The number of carbonyl (C=O) groups excluding carboxylic acids is 1. The lowest BCUT2D eigenvalue weighted by Gasteiger charge is -2.30. The van der Waals surface area contributed by atoms with Crippen LogP contribution in [-0.4, -0.2) is 24.7 Å². The fraction of sp³-hybridized carbons (Fsp3) is 0.500. The first-order chi connectivity index (χ1) is 8.11. The number of benzene rings is 1. The number of ether oxygens (including phenoxy) is 1. The van der Waals surface area contributed by atoms with Gasteiger partial charge in [-0.3, -0.25) is 4.79 Å². The van der Waals surface area contributed by atoms with E-state index in [2.05, 4.69) is 0 Å². The summed E-state index contributed by atoms with van der Waals surface area (Å²) in [6.45, 7) is 2.46. The van der Waals surface area contributed by atoms with Crippen LogP contribution in [0.5, 0.6) is 0 Å². The molecule has 0 bridgehead atoms. The third-order valence-electron chi connectivity index (χ3n) is 3.29. The first kappa shape index (κ1) is 12.2. The second-order valence-corrected chi connectivity index (χ2v) is 4.65. The van der Waals surface area contributed by atoms with Gasteiger partial charge in [0.25, 0.3) is 0 Å². The van der Waals surface area contributed by atoms with Crippen LogP contribution in [0.2, 0.25) is 0 Å². The van der Waals surface area contributed by atoms with Gasteiger partial charge in [0.2, 0.25) is 0 Å². The topological polar surface area (TPSA) is 26.3 Å². The molecule has 0 N–H and O–H groups in total. The summed E-state index contributed by atoms with van der Waals surface area (Å²) in [7, 11) is 0. The van der Waals surface area contributed by atoms with E-state index in [4.69, 9.17) is 4.74 Å². The molecule has 1 aromatic carbocycles. The highest BCUT2D eigenvalue weighted by Crippen LogP contribution is 2.30. The maximum Gasteiger partial charge on any atom is 0.160 e. The van der Waals surface area contributed by atoms with E-state index in [0.717, 1.165) is 5.56 Å². The summed E-state index contributed by atoms with van der Waals surface area (Å²) in [6, 6.07) is 7.27. The van der Waals surface area contributed by atoms with E-state index in [1.54, 1.807) is 6.07 Å². The third-order valence-corrected chi connectivity index (χ3v) is 3.29. The molecule has 0 amide bonds. The molecular formula is C14H17FO2. The van der Waals surface area contributed by atoms with Crippen LogP contribution in [0.3, 0.4) is 0 Å². The summed E-state index contributed by atoms with van der Waals surface area (Å²) in [5.74, 6) is -0.00346. The number of rotatable bonds is 3. The number of ketones is 1. The van der Waals surface area contributed by atoms with Crippen LogP contribution in [0.25, 0.3) is 0 Å². The second-order valence-electron chi connectivity index (χ2n) is 4.65. The lowest BCUT2D eigenvalue weighted by atomic mass is 9.87. The van der Waals surface area contributed by atoms with Crippen molar-refractivity contribution in [1.82, 2.24) is 0 Å². The molecule has 92 valence electrons. The molecule has 1 saturated heterocycles. The molecule has 0 saturated carbocycles. The maximum absolute atomic E-state index is 14.5. The highest BCUT2D eigenvalue weighted by atomic mass is 19.1. The lowest BCUT2D eigenvalue weighted by molar-refractivity contribution is -0.00820. The Labute approximate surface area is 101 Å². The van der Waals surface area contributed by atoms with Gasteiger partial charge in [0.1, 0.15) is 5.67 Å². The normalized spacial score (nSPS) is 18.9. The molecule has 1 aromatic rings. The van der Waals surface area contributed by atoms with Crippen LogP contribution in [0.1, 0.15) is 35.7 Å². The van der Waals surface area contributed by atoms with Gasteiger partial charge in [0, 0.05) is 38.0 Å². The number of Topliss-reactive ketones (excluding diaryl/α,β-unsaturated/α-hetero) is 1. The van der Waals surface area contributed by atoms with Crippen LogP contribution in [-0.2, 0) is 11.2 Å². The minimum absolute atomic E-state index is 0.00346. The van der Waals surface area contributed by atoms with Crippen molar-refractivity contribution in [1.29, 1.82) is 0 Å². The molecule has 2 nitrogen and oxygen atoms in total. The molecule has 0 radical (unpaired) electrons. The Morgan fingerprint density at radius 2 is 2.00 bits per heavy atom. The second kappa shape index (κ2) is 4.96. The molecule has 0 spiro atoms. The van der Waals surface area contributed by atoms with E-state index in [1.807, 2.05) is 18.2 Å². The van der Waals surface area contributed by atoms with E-state index in [9.17, 15) is 9.18 Å². The van der Waals surface area contributed by atoms with Crippen molar-refractivity contribution in [2.24, 2.45) is 0 Å². The molecule has 1 fully saturated rings. The molecule has 0 unspecified atom stereocenters. The third kappa shape index (κ3) is 2.91. The molecule has 1 aliphatic rings. The lowest BCUT2D eigenvalue weighted by Crippen LogP contribution is -2.34. The largest absolute Gasteiger partial charge is 0.381 e. The van der Waals surface area contributed by atoms with Gasteiger partial charge in [-0.15, -0.1) is 0 Å². The van der Waals surface area contributed by atoms with Crippen molar-refractivity contribution in [3.8, 4) is 0 Å². The van der Waals surface area contributed by atoms with Gasteiger partial charge >= 0.3 is 0 Å². The van der Waals surface area contributed by atoms with E-state index in [1.165, 1.54) is 6.92 Å². The molecule has 1 heterocycles. The summed E-state index contributed by atoms with van der Waals surface area (Å²) < 4.78 is 19.7. The number of hydrogen-bond acceptors (Lipinski definition) is 2. The zero-order chi connectivity index (χ0) is 12.3. The fourth-order valence-electron chi connectivity index (χ4n) is 2.27. The molecule has 0 aromatic heterocycles. The van der Waals surface area contributed by atoms with E-state index < -0.39 is 5.67 Å². The quantitative estimate of drug-likeness (QED) is 0.754. The van der Waals surface area contributed by atoms with Crippen LogP contribution < -0.4 is 0 Å². The van der Waals surface area contributed by atoms with Gasteiger partial charge < -0.3 is 4.74 Å². The Balaban J connectivity index is 2.20. The highest BCUT2D eigenvalue weighted by Gasteiger charge is 2.33. The van der Waals surface area contributed by atoms with Crippen LogP contribution >= 0.6 is 0 Å². The Hall–Kier alpha value is -1.22.